The summed E-state index contributed by atoms with van der Waals surface area (Å²) in [5.74, 6) is -0.549. The van der Waals surface area contributed by atoms with Crippen LogP contribution in [0.2, 0.25) is 5.02 Å². The third-order valence-electron chi connectivity index (χ3n) is 4.76. The second kappa shape index (κ2) is 8.80. The minimum Gasteiger partial charge on any atom is -0.397 e. The van der Waals surface area contributed by atoms with Crippen molar-refractivity contribution in [3.8, 4) is 0 Å². The minimum absolute atomic E-state index is 0.0651. The fourth-order valence-corrected chi connectivity index (χ4v) is 3.35. The smallest absolute Gasteiger partial charge is 0.248 e. The monoisotopic (exact) mass is 407 g/mol. The average Bonchev–Trinajstić information content (AvgIpc) is 2.69. The van der Waals surface area contributed by atoms with E-state index in [1.807, 2.05) is 31.2 Å². The fraction of sp³-hybridized carbons (Fsp3) is 0.130. The van der Waals surface area contributed by atoms with Gasteiger partial charge in [-0.3, -0.25) is 9.59 Å². The first-order valence-corrected chi connectivity index (χ1v) is 9.56. The van der Waals surface area contributed by atoms with Crippen molar-refractivity contribution in [3.05, 3.63) is 87.9 Å². The maximum Gasteiger partial charge on any atom is 0.248 e. The SMILES string of the molecule is Cc1ccc(C(N)=O)cc1CCC(=O)c1ccc(Nc2ccccc2N)cc1Cl. The predicted octanol–water partition coefficient (Wildman–Crippen LogP) is 4.89. The zero-order valence-corrected chi connectivity index (χ0v) is 16.8. The van der Waals surface area contributed by atoms with Crippen LogP contribution in [0.25, 0.3) is 0 Å². The predicted molar refractivity (Wildman–Crippen MR) is 118 cm³/mol. The van der Waals surface area contributed by atoms with Gasteiger partial charge in [-0.15, -0.1) is 0 Å². The van der Waals surface area contributed by atoms with Gasteiger partial charge in [-0.25, -0.2) is 0 Å². The van der Waals surface area contributed by atoms with Gasteiger partial charge >= 0.3 is 0 Å². The Labute approximate surface area is 174 Å². The van der Waals surface area contributed by atoms with Crippen molar-refractivity contribution in [2.75, 3.05) is 11.1 Å². The van der Waals surface area contributed by atoms with Crippen LogP contribution >= 0.6 is 11.6 Å². The lowest BCUT2D eigenvalue weighted by molar-refractivity contribution is 0.0981. The van der Waals surface area contributed by atoms with E-state index >= 15 is 0 Å². The second-order valence-corrected chi connectivity index (χ2v) is 7.24. The Bertz CT molecular complexity index is 1080. The highest BCUT2D eigenvalue weighted by molar-refractivity contribution is 6.34. The van der Waals surface area contributed by atoms with Crippen molar-refractivity contribution in [3.63, 3.8) is 0 Å². The number of nitrogens with one attached hydrogen (secondary N) is 1. The number of anilines is 3. The third kappa shape index (κ3) is 4.95. The average molecular weight is 408 g/mol. The maximum atomic E-state index is 12.7. The summed E-state index contributed by atoms with van der Waals surface area (Å²) >= 11 is 6.36. The Kier molecular flexibility index (Phi) is 6.20. The molecular weight excluding hydrogens is 386 g/mol. The maximum absolute atomic E-state index is 12.7. The highest BCUT2D eigenvalue weighted by Gasteiger charge is 2.13. The standard InChI is InChI=1S/C23H22ClN3O2/c1-14-6-7-16(23(26)29)12-15(14)8-11-22(28)18-10-9-17(13-19(18)24)27-21-5-3-2-4-20(21)25/h2-7,9-10,12-13,27H,8,11,25H2,1H3,(H2,26,29). The number of nitrogens with two attached hydrogens (primary N) is 2. The largest absolute Gasteiger partial charge is 0.397 e. The number of aryl methyl sites for hydroxylation is 2. The first-order valence-electron chi connectivity index (χ1n) is 9.19. The molecule has 5 N–H and O–H groups in total. The number of Topliss-reactive ketones (excluding diaryl/α,β-unsaturated/α-hetero) is 1. The number of amides is 1. The van der Waals surface area contributed by atoms with E-state index in [1.165, 1.54) is 0 Å². The molecule has 3 aromatic carbocycles. The molecule has 1 amide bonds. The molecule has 29 heavy (non-hydrogen) atoms. The van der Waals surface area contributed by atoms with Crippen molar-refractivity contribution in [2.45, 2.75) is 19.8 Å². The summed E-state index contributed by atoms with van der Waals surface area (Å²) in [5.41, 5.74) is 16.2. The molecule has 148 valence electrons. The quantitative estimate of drug-likeness (QED) is 0.383. The lowest BCUT2D eigenvalue weighted by Crippen LogP contribution is -2.12. The van der Waals surface area contributed by atoms with E-state index < -0.39 is 5.91 Å². The van der Waals surface area contributed by atoms with Crippen LogP contribution in [0.4, 0.5) is 17.1 Å². The van der Waals surface area contributed by atoms with Crippen LogP contribution in [0, 0.1) is 6.92 Å². The van der Waals surface area contributed by atoms with Crippen molar-refractivity contribution >= 4 is 40.4 Å². The van der Waals surface area contributed by atoms with Crippen LogP contribution in [0.5, 0.6) is 0 Å². The van der Waals surface area contributed by atoms with Crippen molar-refractivity contribution in [1.82, 2.24) is 0 Å². The number of para-hydroxylation sites is 2. The third-order valence-corrected chi connectivity index (χ3v) is 5.08. The summed E-state index contributed by atoms with van der Waals surface area (Å²) in [7, 11) is 0. The van der Waals surface area contributed by atoms with E-state index in [2.05, 4.69) is 5.32 Å². The van der Waals surface area contributed by atoms with Crippen LogP contribution in [0.15, 0.2) is 60.7 Å². The molecule has 0 bridgehead atoms. The number of nitrogen functional groups attached to an aromatic ring is 1. The summed E-state index contributed by atoms with van der Waals surface area (Å²) in [5, 5.41) is 3.57. The zero-order valence-electron chi connectivity index (χ0n) is 16.0. The molecule has 0 saturated carbocycles. The van der Waals surface area contributed by atoms with Gasteiger partial charge in [0.1, 0.15) is 0 Å². The van der Waals surface area contributed by atoms with E-state index in [-0.39, 0.29) is 12.2 Å². The number of carbonyl (C=O) groups is 2. The first-order chi connectivity index (χ1) is 13.8. The van der Waals surface area contributed by atoms with Crippen LogP contribution in [-0.2, 0) is 6.42 Å². The number of ketones is 1. The molecule has 0 unspecified atom stereocenters. The Hall–Kier alpha value is -3.31. The summed E-state index contributed by atoms with van der Waals surface area (Å²) in [6, 6.07) is 17.9. The highest BCUT2D eigenvalue weighted by atomic mass is 35.5. The summed E-state index contributed by atoms with van der Waals surface area (Å²) in [4.78, 5) is 24.1. The van der Waals surface area contributed by atoms with Gasteiger partial charge in [0.05, 0.1) is 16.4 Å². The molecule has 5 nitrogen and oxygen atoms in total. The molecular formula is C23H22ClN3O2. The molecule has 0 aliphatic carbocycles. The number of rotatable bonds is 7. The molecule has 0 atom stereocenters. The van der Waals surface area contributed by atoms with Gasteiger partial charge in [-0.05, 0) is 66.9 Å². The number of primary amides is 1. The van der Waals surface area contributed by atoms with Gasteiger partial charge in [-0.1, -0.05) is 29.8 Å². The Balaban J connectivity index is 1.71. The van der Waals surface area contributed by atoms with Gasteiger partial charge < -0.3 is 16.8 Å². The van der Waals surface area contributed by atoms with Gasteiger partial charge in [-0.2, -0.15) is 0 Å². The van der Waals surface area contributed by atoms with Crippen LogP contribution < -0.4 is 16.8 Å². The lowest BCUT2D eigenvalue weighted by Gasteiger charge is -2.11. The van der Waals surface area contributed by atoms with Crippen LogP contribution in [0.3, 0.4) is 0 Å². The van der Waals surface area contributed by atoms with Gasteiger partial charge in [0.15, 0.2) is 5.78 Å². The topological polar surface area (TPSA) is 98.2 Å². The summed E-state index contributed by atoms with van der Waals surface area (Å²) in [6.07, 6.45) is 0.782. The Morgan fingerprint density at radius 2 is 1.79 bits per heavy atom. The zero-order chi connectivity index (χ0) is 21.0. The molecule has 0 aliphatic rings. The van der Waals surface area contributed by atoms with Gasteiger partial charge in [0.2, 0.25) is 5.91 Å². The Morgan fingerprint density at radius 3 is 2.48 bits per heavy atom. The lowest BCUT2D eigenvalue weighted by atomic mass is 9.97. The summed E-state index contributed by atoms with van der Waals surface area (Å²) in [6.45, 7) is 1.94. The van der Waals surface area contributed by atoms with Gasteiger partial charge in [0, 0.05) is 23.2 Å². The first kappa shape index (κ1) is 20.4. The molecule has 0 spiro atoms. The normalized spacial score (nSPS) is 10.6. The van der Waals surface area contributed by atoms with E-state index in [9.17, 15) is 9.59 Å². The highest BCUT2D eigenvalue weighted by Crippen LogP contribution is 2.27. The molecule has 0 aliphatic heterocycles. The molecule has 0 saturated heterocycles. The minimum atomic E-state index is -0.484. The molecule has 0 aromatic heterocycles. The number of hydrogen-bond acceptors (Lipinski definition) is 4. The van der Waals surface area contributed by atoms with E-state index in [4.69, 9.17) is 23.1 Å². The fourth-order valence-electron chi connectivity index (χ4n) is 3.06. The van der Waals surface area contributed by atoms with Gasteiger partial charge in [0.25, 0.3) is 0 Å². The number of hydrogen-bond donors (Lipinski definition) is 3. The van der Waals surface area contributed by atoms with E-state index in [0.29, 0.717) is 28.3 Å². The molecule has 0 heterocycles. The molecule has 3 rings (SSSR count). The van der Waals surface area contributed by atoms with E-state index in [0.717, 1.165) is 22.5 Å². The molecule has 6 heteroatoms. The molecule has 3 aromatic rings. The Morgan fingerprint density at radius 1 is 1.03 bits per heavy atom. The number of halogens is 1. The molecule has 0 fully saturated rings. The second-order valence-electron chi connectivity index (χ2n) is 6.84. The van der Waals surface area contributed by atoms with Crippen molar-refractivity contribution < 1.29 is 9.59 Å². The molecule has 0 radical (unpaired) electrons. The summed E-state index contributed by atoms with van der Waals surface area (Å²) < 4.78 is 0. The van der Waals surface area contributed by atoms with Crippen LogP contribution in [0.1, 0.15) is 38.3 Å². The number of benzene rings is 3. The number of carbonyl (C=O) groups excluding carboxylic acids is 2. The van der Waals surface area contributed by atoms with Crippen LogP contribution in [-0.4, -0.2) is 11.7 Å². The van der Waals surface area contributed by atoms with E-state index in [1.54, 1.807) is 36.4 Å². The van der Waals surface area contributed by atoms with Crippen molar-refractivity contribution in [2.24, 2.45) is 5.73 Å². The van der Waals surface area contributed by atoms with Crippen molar-refractivity contribution in [1.29, 1.82) is 0 Å².